The minimum absolute atomic E-state index is 0.0179. The maximum atomic E-state index is 13.1. The first-order valence-corrected chi connectivity index (χ1v) is 6.23. The number of aromatic nitrogens is 2. The van der Waals surface area contributed by atoms with Crippen LogP contribution in [-0.2, 0) is 4.74 Å². The summed E-state index contributed by atoms with van der Waals surface area (Å²) in [5.74, 6) is -1.17. The zero-order chi connectivity index (χ0) is 14.5. The molecule has 0 saturated heterocycles. The van der Waals surface area contributed by atoms with Gasteiger partial charge in [0, 0.05) is 18.2 Å². The third-order valence-corrected chi connectivity index (χ3v) is 2.53. The summed E-state index contributed by atoms with van der Waals surface area (Å²) in [6.07, 6.45) is 0.882. The molecule has 5 nitrogen and oxygen atoms in total. The molecular formula is C13H15F2N3O2. The Hall–Kier alpha value is -1.86. The van der Waals surface area contributed by atoms with Crippen molar-refractivity contribution in [1.29, 1.82) is 0 Å². The number of nitrogens with zero attached hydrogens (tertiary/aromatic N) is 2. The van der Waals surface area contributed by atoms with Gasteiger partial charge in [-0.05, 0) is 18.6 Å². The van der Waals surface area contributed by atoms with Crippen molar-refractivity contribution in [3.63, 3.8) is 0 Å². The number of hydrogen-bond donors (Lipinski definition) is 1. The van der Waals surface area contributed by atoms with E-state index in [-0.39, 0.29) is 23.9 Å². The van der Waals surface area contributed by atoms with Crippen LogP contribution in [-0.4, -0.2) is 23.4 Å². The topological polar surface area (TPSA) is 74.2 Å². The lowest BCUT2D eigenvalue weighted by Crippen LogP contribution is -2.18. The van der Waals surface area contributed by atoms with Gasteiger partial charge in [-0.3, -0.25) is 0 Å². The lowest BCUT2D eigenvalue weighted by molar-refractivity contribution is 0.119. The zero-order valence-corrected chi connectivity index (χ0v) is 11.0. The molecule has 0 fully saturated rings. The Labute approximate surface area is 114 Å². The second kappa shape index (κ2) is 6.53. The second-order valence-corrected chi connectivity index (χ2v) is 4.30. The molecule has 0 radical (unpaired) electrons. The van der Waals surface area contributed by atoms with Gasteiger partial charge in [-0.15, -0.1) is 0 Å². The third kappa shape index (κ3) is 3.58. The van der Waals surface area contributed by atoms with E-state index >= 15 is 0 Å². The van der Waals surface area contributed by atoms with Crippen LogP contribution in [0.3, 0.4) is 0 Å². The smallest absolute Gasteiger partial charge is 0.258 e. The van der Waals surface area contributed by atoms with Gasteiger partial charge >= 0.3 is 0 Å². The van der Waals surface area contributed by atoms with Gasteiger partial charge in [-0.2, -0.15) is 4.98 Å². The number of benzene rings is 1. The molecule has 0 amide bonds. The van der Waals surface area contributed by atoms with Crippen LogP contribution in [0.5, 0.6) is 0 Å². The number of halogens is 2. The molecule has 7 heteroatoms. The Morgan fingerprint density at radius 1 is 1.30 bits per heavy atom. The normalized spacial score (nSPS) is 12.6. The summed E-state index contributed by atoms with van der Waals surface area (Å²) in [4.78, 5) is 4.03. The van der Waals surface area contributed by atoms with Crippen molar-refractivity contribution < 1.29 is 18.0 Å². The maximum absolute atomic E-state index is 13.1. The SMILES string of the molecule is CCCOCC(N)c1noc(-c2cc(F)cc(F)c2)n1. The molecule has 1 aromatic heterocycles. The highest BCUT2D eigenvalue weighted by Gasteiger charge is 2.16. The Balaban J connectivity index is 2.11. The molecule has 0 aliphatic carbocycles. The van der Waals surface area contributed by atoms with Gasteiger partial charge in [0.1, 0.15) is 11.6 Å². The fourth-order valence-electron chi connectivity index (χ4n) is 1.61. The van der Waals surface area contributed by atoms with Crippen molar-refractivity contribution in [3.8, 4) is 11.5 Å². The van der Waals surface area contributed by atoms with Crippen LogP contribution in [0.4, 0.5) is 8.78 Å². The van der Waals surface area contributed by atoms with E-state index in [9.17, 15) is 8.78 Å². The Bertz CT molecular complexity index is 554. The van der Waals surface area contributed by atoms with Crippen LogP contribution in [0.15, 0.2) is 22.7 Å². The molecule has 0 bridgehead atoms. The molecule has 1 unspecified atom stereocenters. The van der Waals surface area contributed by atoms with Crippen molar-refractivity contribution in [1.82, 2.24) is 10.1 Å². The summed E-state index contributed by atoms with van der Waals surface area (Å²) in [5.41, 5.74) is 6.00. The van der Waals surface area contributed by atoms with Crippen LogP contribution >= 0.6 is 0 Å². The van der Waals surface area contributed by atoms with E-state index in [1.165, 1.54) is 0 Å². The summed E-state index contributed by atoms with van der Waals surface area (Å²) >= 11 is 0. The van der Waals surface area contributed by atoms with E-state index < -0.39 is 17.7 Å². The first kappa shape index (κ1) is 14.5. The van der Waals surface area contributed by atoms with Gasteiger partial charge in [0.25, 0.3) is 5.89 Å². The van der Waals surface area contributed by atoms with E-state index in [1.807, 2.05) is 6.92 Å². The quantitative estimate of drug-likeness (QED) is 0.824. The van der Waals surface area contributed by atoms with E-state index in [0.29, 0.717) is 6.61 Å². The Morgan fingerprint density at radius 3 is 2.65 bits per heavy atom. The molecule has 0 spiro atoms. The largest absolute Gasteiger partial charge is 0.379 e. The molecule has 0 aliphatic heterocycles. The summed E-state index contributed by atoms with van der Waals surface area (Å²) < 4.78 is 36.5. The van der Waals surface area contributed by atoms with Crippen molar-refractivity contribution >= 4 is 0 Å². The van der Waals surface area contributed by atoms with Crippen LogP contribution in [0.1, 0.15) is 25.2 Å². The molecule has 0 saturated carbocycles. The highest BCUT2D eigenvalue weighted by molar-refractivity contribution is 5.52. The van der Waals surface area contributed by atoms with Crippen LogP contribution < -0.4 is 5.73 Å². The molecule has 2 rings (SSSR count). The van der Waals surface area contributed by atoms with Crippen molar-refractivity contribution in [3.05, 3.63) is 35.7 Å². The minimum atomic E-state index is -0.713. The lowest BCUT2D eigenvalue weighted by atomic mass is 10.2. The Morgan fingerprint density at radius 2 is 2.00 bits per heavy atom. The maximum Gasteiger partial charge on any atom is 0.258 e. The van der Waals surface area contributed by atoms with Gasteiger partial charge in [-0.25, -0.2) is 8.78 Å². The van der Waals surface area contributed by atoms with Crippen molar-refractivity contribution in [2.45, 2.75) is 19.4 Å². The van der Waals surface area contributed by atoms with Crippen LogP contribution in [0, 0.1) is 11.6 Å². The van der Waals surface area contributed by atoms with Gasteiger partial charge in [0.05, 0.1) is 12.6 Å². The Kier molecular flexibility index (Phi) is 4.75. The number of hydrogen-bond acceptors (Lipinski definition) is 5. The van der Waals surface area contributed by atoms with E-state index in [4.69, 9.17) is 15.0 Å². The molecular weight excluding hydrogens is 268 g/mol. The standard InChI is InChI=1S/C13H15F2N3O2/c1-2-3-19-7-11(16)12-17-13(20-18-12)8-4-9(14)6-10(15)5-8/h4-6,11H,2-3,7,16H2,1H3. The van der Waals surface area contributed by atoms with Crippen molar-refractivity contribution in [2.24, 2.45) is 5.73 Å². The molecule has 20 heavy (non-hydrogen) atoms. The predicted molar refractivity (Wildman–Crippen MR) is 67.7 cm³/mol. The third-order valence-electron chi connectivity index (χ3n) is 2.53. The van der Waals surface area contributed by atoms with Gasteiger partial charge in [0.2, 0.25) is 0 Å². The highest BCUT2D eigenvalue weighted by atomic mass is 19.1. The average Bonchev–Trinajstić information content (AvgIpc) is 2.87. The van der Waals surface area contributed by atoms with E-state index in [2.05, 4.69) is 10.1 Å². The molecule has 1 aromatic carbocycles. The van der Waals surface area contributed by atoms with E-state index in [0.717, 1.165) is 24.6 Å². The summed E-state index contributed by atoms with van der Waals surface area (Å²) in [6.45, 7) is 2.83. The summed E-state index contributed by atoms with van der Waals surface area (Å²) in [5, 5.41) is 3.69. The fraction of sp³-hybridized carbons (Fsp3) is 0.385. The number of rotatable bonds is 6. The monoisotopic (exact) mass is 283 g/mol. The average molecular weight is 283 g/mol. The zero-order valence-electron chi connectivity index (χ0n) is 11.0. The van der Waals surface area contributed by atoms with Gasteiger partial charge in [0.15, 0.2) is 5.82 Å². The first-order valence-electron chi connectivity index (χ1n) is 6.23. The lowest BCUT2D eigenvalue weighted by Gasteiger charge is -2.06. The minimum Gasteiger partial charge on any atom is -0.379 e. The van der Waals surface area contributed by atoms with Crippen molar-refractivity contribution in [2.75, 3.05) is 13.2 Å². The van der Waals surface area contributed by atoms with Gasteiger partial charge < -0.3 is 15.0 Å². The first-order chi connectivity index (χ1) is 9.60. The summed E-state index contributed by atoms with van der Waals surface area (Å²) in [7, 11) is 0. The molecule has 1 heterocycles. The second-order valence-electron chi connectivity index (χ2n) is 4.30. The predicted octanol–water partition coefficient (Wildman–Crippen LogP) is 2.44. The van der Waals surface area contributed by atoms with E-state index in [1.54, 1.807) is 0 Å². The molecule has 1 atom stereocenters. The molecule has 2 aromatic rings. The van der Waals surface area contributed by atoms with Crippen LogP contribution in [0.25, 0.3) is 11.5 Å². The summed E-state index contributed by atoms with van der Waals surface area (Å²) in [6, 6.07) is 2.45. The number of nitrogens with two attached hydrogens (primary N) is 1. The highest BCUT2D eigenvalue weighted by Crippen LogP contribution is 2.21. The fourth-order valence-corrected chi connectivity index (χ4v) is 1.61. The molecule has 0 aliphatic rings. The molecule has 2 N–H and O–H groups in total. The number of ether oxygens (including phenoxy) is 1. The van der Waals surface area contributed by atoms with Gasteiger partial charge in [-0.1, -0.05) is 12.1 Å². The van der Waals surface area contributed by atoms with Crippen LogP contribution in [0.2, 0.25) is 0 Å². The molecule has 108 valence electrons.